The lowest BCUT2D eigenvalue weighted by atomic mass is 10.1. The highest BCUT2D eigenvalue weighted by Crippen LogP contribution is 2.23. The van der Waals surface area contributed by atoms with Gasteiger partial charge in [0.05, 0.1) is 12.2 Å². The molecule has 2 aromatic rings. The van der Waals surface area contributed by atoms with Gasteiger partial charge in [-0.3, -0.25) is 4.79 Å². The van der Waals surface area contributed by atoms with Crippen LogP contribution in [0.2, 0.25) is 0 Å². The third-order valence-corrected chi connectivity index (χ3v) is 3.47. The van der Waals surface area contributed by atoms with Gasteiger partial charge >= 0.3 is 0 Å². The fourth-order valence-corrected chi connectivity index (χ4v) is 2.25. The lowest BCUT2D eigenvalue weighted by Gasteiger charge is -2.38. The molecule has 1 aliphatic heterocycles. The molecule has 5 heteroatoms. The summed E-state index contributed by atoms with van der Waals surface area (Å²) < 4.78 is 1.86. The van der Waals surface area contributed by atoms with Crippen LogP contribution >= 0.6 is 0 Å². The van der Waals surface area contributed by atoms with Crippen molar-refractivity contribution in [2.75, 3.05) is 13.1 Å². The number of benzene rings is 1. The zero-order valence-electron chi connectivity index (χ0n) is 10.9. The van der Waals surface area contributed by atoms with E-state index in [2.05, 4.69) is 10.3 Å². The predicted octanol–water partition coefficient (Wildman–Crippen LogP) is 1.74. The Morgan fingerprint density at radius 3 is 2.74 bits per heavy atom. The van der Waals surface area contributed by atoms with Gasteiger partial charge in [0.2, 0.25) is 5.91 Å². The molecular formula is C14H16N4O. The predicted molar refractivity (Wildman–Crippen MR) is 71.4 cm³/mol. The monoisotopic (exact) mass is 256 g/mol. The van der Waals surface area contributed by atoms with Crippen molar-refractivity contribution >= 4 is 5.91 Å². The van der Waals surface area contributed by atoms with Crippen molar-refractivity contribution < 1.29 is 4.79 Å². The van der Waals surface area contributed by atoms with Crippen LogP contribution in [0.15, 0.2) is 36.5 Å². The Hall–Kier alpha value is -2.17. The van der Waals surface area contributed by atoms with Crippen molar-refractivity contribution in [2.45, 2.75) is 19.4 Å². The molecule has 0 saturated carbocycles. The minimum atomic E-state index is 0.208. The molecule has 5 nitrogen and oxygen atoms in total. The van der Waals surface area contributed by atoms with Crippen LogP contribution in [0.5, 0.6) is 0 Å². The normalized spacial score (nSPS) is 15.3. The number of carbonyl (C=O) groups is 1. The molecule has 1 amide bonds. The highest BCUT2D eigenvalue weighted by Gasteiger charge is 2.31. The summed E-state index contributed by atoms with van der Waals surface area (Å²) in [6.45, 7) is 3.37. The van der Waals surface area contributed by atoms with Gasteiger partial charge in [0.1, 0.15) is 5.69 Å². The Labute approximate surface area is 111 Å². The topological polar surface area (TPSA) is 51.0 Å². The van der Waals surface area contributed by atoms with E-state index in [0.717, 1.165) is 24.3 Å². The summed E-state index contributed by atoms with van der Waals surface area (Å²) in [4.78, 5) is 13.3. The fraction of sp³-hybridized carbons (Fsp3) is 0.357. The molecule has 0 aliphatic carbocycles. The van der Waals surface area contributed by atoms with Crippen molar-refractivity contribution in [1.82, 2.24) is 19.9 Å². The third-order valence-electron chi connectivity index (χ3n) is 3.47. The quantitative estimate of drug-likeness (QED) is 0.840. The molecule has 2 heterocycles. The maximum atomic E-state index is 11.5. The number of hydrogen-bond acceptors (Lipinski definition) is 3. The van der Waals surface area contributed by atoms with Gasteiger partial charge in [-0.2, -0.15) is 0 Å². The van der Waals surface area contributed by atoms with E-state index < -0.39 is 0 Å². The van der Waals surface area contributed by atoms with Gasteiger partial charge in [-0.15, -0.1) is 5.10 Å². The highest BCUT2D eigenvalue weighted by atomic mass is 16.2. The van der Waals surface area contributed by atoms with Crippen molar-refractivity contribution in [1.29, 1.82) is 0 Å². The van der Waals surface area contributed by atoms with E-state index in [4.69, 9.17) is 0 Å². The average Bonchev–Trinajstić information content (AvgIpc) is 2.87. The van der Waals surface area contributed by atoms with Gasteiger partial charge in [-0.25, -0.2) is 4.68 Å². The van der Waals surface area contributed by atoms with Crippen molar-refractivity contribution in [3.05, 3.63) is 36.5 Å². The number of hydrogen-bond donors (Lipinski definition) is 0. The second-order valence-corrected chi connectivity index (χ2v) is 4.76. The van der Waals surface area contributed by atoms with Crippen LogP contribution in [0.3, 0.4) is 0 Å². The smallest absolute Gasteiger partial charge is 0.222 e. The maximum Gasteiger partial charge on any atom is 0.222 e. The summed E-state index contributed by atoms with van der Waals surface area (Å²) in [6.07, 6.45) is 2.52. The molecule has 0 radical (unpaired) electrons. The van der Waals surface area contributed by atoms with E-state index in [9.17, 15) is 4.79 Å². The molecule has 1 aromatic heterocycles. The first-order valence-electron chi connectivity index (χ1n) is 6.53. The van der Waals surface area contributed by atoms with E-state index >= 15 is 0 Å². The van der Waals surface area contributed by atoms with Crippen LogP contribution in [-0.2, 0) is 4.79 Å². The van der Waals surface area contributed by atoms with E-state index in [1.165, 1.54) is 0 Å². The summed E-state index contributed by atoms with van der Waals surface area (Å²) in [5.41, 5.74) is 1.94. The van der Waals surface area contributed by atoms with Crippen LogP contribution in [0.1, 0.15) is 19.4 Å². The number of aromatic nitrogens is 3. The van der Waals surface area contributed by atoms with Gasteiger partial charge in [0, 0.05) is 25.1 Å². The van der Waals surface area contributed by atoms with Crippen LogP contribution in [0, 0.1) is 0 Å². The highest BCUT2D eigenvalue weighted by molar-refractivity contribution is 5.76. The summed E-state index contributed by atoms with van der Waals surface area (Å²) in [7, 11) is 0. The number of rotatable bonds is 3. The number of likely N-dealkylation sites (tertiary alicyclic amines) is 1. The van der Waals surface area contributed by atoms with Gasteiger partial charge < -0.3 is 4.90 Å². The van der Waals surface area contributed by atoms with E-state index in [1.54, 1.807) is 0 Å². The molecule has 0 spiro atoms. The summed E-state index contributed by atoms with van der Waals surface area (Å²) in [6, 6.07) is 10.2. The first kappa shape index (κ1) is 11.9. The van der Waals surface area contributed by atoms with Crippen LogP contribution < -0.4 is 0 Å². The lowest BCUT2D eigenvalue weighted by molar-refractivity contribution is -0.136. The average molecular weight is 256 g/mol. The fourth-order valence-electron chi connectivity index (χ4n) is 2.25. The van der Waals surface area contributed by atoms with Gasteiger partial charge in [-0.05, 0) is 0 Å². The van der Waals surface area contributed by atoms with Crippen LogP contribution in [0.25, 0.3) is 11.3 Å². The Bertz CT molecular complexity index is 572. The van der Waals surface area contributed by atoms with Crippen LogP contribution in [0.4, 0.5) is 0 Å². The van der Waals surface area contributed by atoms with Gasteiger partial charge in [0.25, 0.3) is 0 Å². The summed E-state index contributed by atoms with van der Waals surface area (Å²) in [5.74, 6) is 0.208. The Morgan fingerprint density at radius 1 is 1.32 bits per heavy atom. The summed E-state index contributed by atoms with van der Waals surface area (Å²) >= 11 is 0. The first-order chi connectivity index (χ1) is 9.28. The molecule has 98 valence electrons. The number of nitrogens with zero attached hydrogens (tertiary/aromatic N) is 4. The molecule has 3 rings (SSSR count). The largest absolute Gasteiger partial charge is 0.338 e. The minimum Gasteiger partial charge on any atom is -0.338 e. The second-order valence-electron chi connectivity index (χ2n) is 4.76. The molecule has 1 aromatic carbocycles. The molecule has 0 N–H and O–H groups in total. The van der Waals surface area contributed by atoms with Crippen LogP contribution in [-0.4, -0.2) is 38.9 Å². The van der Waals surface area contributed by atoms with E-state index in [-0.39, 0.29) is 11.9 Å². The Morgan fingerprint density at radius 2 is 2.05 bits per heavy atom. The summed E-state index contributed by atoms with van der Waals surface area (Å²) in [5, 5.41) is 8.35. The minimum absolute atomic E-state index is 0.208. The second kappa shape index (κ2) is 4.84. The van der Waals surface area contributed by atoms with Crippen molar-refractivity contribution in [3.63, 3.8) is 0 Å². The molecule has 1 saturated heterocycles. The molecule has 19 heavy (non-hydrogen) atoms. The molecule has 1 fully saturated rings. The molecule has 1 aliphatic rings. The van der Waals surface area contributed by atoms with Gasteiger partial charge in [-0.1, -0.05) is 42.5 Å². The standard InChI is InChI=1S/C14H16N4O/c1-2-14(19)17-8-12(9-17)18-10-13(15-16-18)11-6-4-3-5-7-11/h3-7,10,12H,2,8-9H2,1H3. The zero-order valence-corrected chi connectivity index (χ0v) is 10.9. The number of amides is 1. The van der Waals surface area contributed by atoms with Crippen molar-refractivity contribution in [2.24, 2.45) is 0 Å². The first-order valence-corrected chi connectivity index (χ1v) is 6.53. The Balaban J connectivity index is 1.69. The third kappa shape index (κ3) is 2.23. The zero-order chi connectivity index (χ0) is 13.2. The number of carbonyl (C=O) groups excluding carboxylic acids is 1. The molecule has 0 atom stereocenters. The maximum absolute atomic E-state index is 11.5. The lowest BCUT2D eigenvalue weighted by Crippen LogP contribution is -2.50. The molecule has 0 bridgehead atoms. The SMILES string of the molecule is CCC(=O)N1CC(n2cc(-c3ccccc3)nn2)C1. The van der Waals surface area contributed by atoms with E-state index in [0.29, 0.717) is 6.42 Å². The van der Waals surface area contributed by atoms with E-state index in [1.807, 2.05) is 53.0 Å². The van der Waals surface area contributed by atoms with Crippen molar-refractivity contribution in [3.8, 4) is 11.3 Å². The molecule has 0 unspecified atom stereocenters. The molecular weight excluding hydrogens is 240 g/mol. The Kier molecular flexibility index (Phi) is 3.03. The van der Waals surface area contributed by atoms with Gasteiger partial charge in [0.15, 0.2) is 0 Å².